The molecule has 24 heavy (non-hydrogen) atoms. The van der Waals surface area contributed by atoms with Crippen LogP contribution < -0.4 is 10.0 Å². The number of amides is 2. The number of nitrogens with zero attached hydrogens (tertiary/aromatic N) is 2. The van der Waals surface area contributed by atoms with Gasteiger partial charge in [0.15, 0.2) is 0 Å². The summed E-state index contributed by atoms with van der Waals surface area (Å²) in [4.78, 5) is 25.8. The fourth-order valence-electron chi connectivity index (χ4n) is 2.67. The summed E-state index contributed by atoms with van der Waals surface area (Å²) >= 11 is 11.9. The van der Waals surface area contributed by atoms with Crippen molar-refractivity contribution in [3.8, 4) is 0 Å². The van der Waals surface area contributed by atoms with Gasteiger partial charge < -0.3 is 0 Å². The average Bonchev–Trinajstić information content (AvgIpc) is 2.52. The predicted molar refractivity (Wildman–Crippen MR) is 96.3 cm³/mol. The molecule has 1 aliphatic heterocycles. The van der Waals surface area contributed by atoms with Crippen LogP contribution in [0.1, 0.15) is 20.3 Å². The number of benzene rings is 2. The van der Waals surface area contributed by atoms with Crippen LogP contribution in [0.15, 0.2) is 48.5 Å². The Hall–Kier alpha value is -2.04. The first-order valence-electron chi connectivity index (χ1n) is 7.48. The van der Waals surface area contributed by atoms with Gasteiger partial charge in [-0.2, -0.15) is 0 Å². The van der Waals surface area contributed by atoms with Crippen LogP contribution in [0.25, 0.3) is 0 Å². The fraction of sp³-hybridized carbons (Fsp3) is 0.222. The lowest BCUT2D eigenvalue weighted by atomic mass is 9.85. The number of anilines is 2. The molecule has 1 heterocycles. The van der Waals surface area contributed by atoms with Gasteiger partial charge in [0.05, 0.1) is 16.8 Å². The van der Waals surface area contributed by atoms with Gasteiger partial charge in [-0.3, -0.25) is 9.59 Å². The summed E-state index contributed by atoms with van der Waals surface area (Å²) in [5, 5.41) is 3.93. The van der Waals surface area contributed by atoms with Crippen molar-refractivity contribution in [2.45, 2.75) is 20.3 Å². The first-order chi connectivity index (χ1) is 11.3. The van der Waals surface area contributed by atoms with E-state index >= 15 is 0 Å². The molecular weight excluding hydrogens is 347 g/mol. The molecule has 124 valence electrons. The topological polar surface area (TPSA) is 40.6 Å². The van der Waals surface area contributed by atoms with Crippen molar-refractivity contribution in [2.24, 2.45) is 5.41 Å². The molecular formula is C18H16Cl2N2O2. The molecule has 0 spiro atoms. The van der Waals surface area contributed by atoms with E-state index in [1.807, 2.05) is 0 Å². The molecule has 0 unspecified atom stereocenters. The molecule has 0 aromatic heterocycles. The third-order valence-corrected chi connectivity index (χ3v) is 4.45. The number of rotatable bonds is 2. The SMILES string of the molecule is CC1(C)CC(=O)N(c2ccc(Cl)cc2)N(c2ccc(Cl)cc2)C1=O. The zero-order valence-electron chi connectivity index (χ0n) is 13.3. The van der Waals surface area contributed by atoms with Crippen molar-refractivity contribution in [3.05, 3.63) is 58.6 Å². The van der Waals surface area contributed by atoms with Gasteiger partial charge in [-0.05, 0) is 48.5 Å². The standard InChI is InChI=1S/C18H16Cl2N2O2/c1-18(2)11-16(23)21(14-7-3-12(19)4-8-14)22(17(18)24)15-9-5-13(20)6-10-15/h3-10H,11H2,1-2H3. The van der Waals surface area contributed by atoms with Gasteiger partial charge in [0.25, 0.3) is 5.91 Å². The van der Waals surface area contributed by atoms with Crippen LogP contribution in [0.2, 0.25) is 10.0 Å². The van der Waals surface area contributed by atoms with Gasteiger partial charge in [0.1, 0.15) is 0 Å². The minimum absolute atomic E-state index is 0.137. The molecule has 1 saturated heterocycles. The molecule has 0 radical (unpaired) electrons. The number of carbonyl (C=O) groups is 2. The summed E-state index contributed by atoms with van der Waals surface area (Å²) in [7, 11) is 0. The van der Waals surface area contributed by atoms with E-state index in [1.54, 1.807) is 62.4 Å². The second-order valence-corrected chi connectivity index (χ2v) is 7.21. The zero-order chi connectivity index (χ0) is 17.5. The number of hydrogen-bond donors (Lipinski definition) is 0. The molecule has 1 aliphatic rings. The summed E-state index contributed by atoms with van der Waals surface area (Å²) in [6, 6.07) is 13.6. The van der Waals surface area contributed by atoms with E-state index in [1.165, 1.54) is 10.0 Å². The minimum atomic E-state index is -0.778. The van der Waals surface area contributed by atoms with Gasteiger partial charge >= 0.3 is 0 Å². The summed E-state index contributed by atoms with van der Waals surface area (Å²) in [5.74, 6) is -0.309. The van der Waals surface area contributed by atoms with Crippen molar-refractivity contribution < 1.29 is 9.59 Å². The Morgan fingerprint density at radius 2 is 1.21 bits per heavy atom. The normalized spacial score (nSPS) is 17.3. The van der Waals surface area contributed by atoms with E-state index in [0.717, 1.165) is 0 Å². The summed E-state index contributed by atoms with van der Waals surface area (Å²) in [6.45, 7) is 3.55. The van der Waals surface area contributed by atoms with Crippen molar-refractivity contribution in [3.63, 3.8) is 0 Å². The van der Waals surface area contributed by atoms with Crippen LogP contribution >= 0.6 is 23.2 Å². The Balaban J connectivity index is 2.12. The molecule has 0 saturated carbocycles. The second-order valence-electron chi connectivity index (χ2n) is 6.34. The maximum Gasteiger partial charge on any atom is 0.252 e. The van der Waals surface area contributed by atoms with Crippen molar-refractivity contribution >= 4 is 46.4 Å². The first kappa shape index (κ1) is 16.8. The fourth-order valence-corrected chi connectivity index (χ4v) is 2.93. The third kappa shape index (κ3) is 2.99. The van der Waals surface area contributed by atoms with Crippen LogP contribution in [-0.4, -0.2) is 11.8 Å². The molecule has 0 atom stereocenters. The summed E-state index contributed by atoms with van der Waals surface area (Å²) < 4.78 is 0. The molecule has 0 aliphatic carbocycles. The highest BCUT2D eigenvalue weighted by molar-refractivity contribution is 6.31. The van der Waals surface area contributed by atoms with Gasteiger partial charge in [-0.1, -0.05) is 37.0 Å². The summed E-state index contributed by atoms with van der Waals surface area (Å²) in [6.07, 6.45) is 0.137. The lowest BCUT2D eigenvalue weighted by Crippen LogP contribution is -2.60. The molecule has 2 aromatic carbocycles. The lowest BCUT2D eigenvalue weighted by Gasteiger charge is -2.44. The Morgan fingerprint density at radius 3 is 1.67 bits per heavy atom. The molecule has 4 nitrogen and oxygen atoms in total. The average molecular weight is 363 g/mol. The number of carbonyl (C=O) groups excluding carboxylic acids is 2. The third-order valence-electron chi connectivity index (χ3n) is 3.94. The van der Waals surface area contributed by atoms with E-state index in [-0.39, 0.29) is 18.2 Å². The molecule has 0 bridgehead atoms. The van der Waals surface area contributed by atoms with Gasteiger partial charge in [0, 0.05) is 16.5 Å². The van der Waals surface area contributed by atoms with Gasteiger partial charge in [0.2, 0.25) is 5.91 Å². The Labute approximate surface area is 150 Å². The van der Waals surface area contributed by atoms with Crippen molar-refractivity contribution in [1.29, 1.82) is 0 Å². The zero-order valence-corrected chi connectivity index (χ0v) is 14.8. The maximum absolute atomic E-state index is 13.0. The highest BCUT2D eigenvalue weighted by Gasteiger charge is 2.45. The van der Waals surface area contributed by atoms with Crippen molar-refractivity contribution in [2.75, 3.05) is 10.0 Å². The van der Waals surface area contributed by atoms with Crippen LogP contribution in [-0.2, 0) is 9.59 Å². The van der Waals surface area contributed by atoms with Crippen LogP contribution in [0, 0.1) is 5.41 Å². The van der Waals surface area contributed by atoms with Crippen LogP contribution in [0.5, 0.6) is 0 Å². The van der Waals surface area contributed by atoms with E-state index in [4.69, 9.17) is 23.2 Å². The van der Waals surface area contributed by atoms with Crippen molar-refractivity contribution in [1.82, 2.24) is 0 Å². The monoisotopic (exact) mass is 362 g/mol. The first-order valence-corrected chi connectivity index (χ1v) is 8.24. The molecule has 3 rings (SSSR count). The second kappa shape index (κ2) is 6.11. The summed E-state index contributed by atoms with van der Waals surface area (Å²) in [5.41, 5.74) is 0.392. The van der Waals surface area contributed by atoms with E-state index in [0.29, 0.717) is 21.4 Å². The Bertz CT molecular complexity index is 786. The van der Waals surface area contributed by atoms with Crippen LogP contribution in [0.4, 0.5) is 11.4 Å². The molecule has 2 aromatic rings. The van der Waals surface area contributed by atoms with Crippen LogP contribution in [0.3, 0.4) is 0 Å². The smallest absolute Gasteiger partial charge is 0.252 e. The maximum atomic E-state index is 13.0. The van der Waals surface area contributed by atoms with E-state index < -0.39 is 5.41 Å². The molecule has 2 amide bonds. The van der Waals surface area contributed by atoms with Gasteiger partial charge in [-0.15, -0.1) is 0 Å². The molecule has 0 N–H and O–H groups in total. The minimum Gasteiger partial charge on any atom is -0.273 e. The highest BCUT2D eigenvalue weighted by Crippen LogP contribution is 2.37. The Morgan fingerprint density at radius 1 is 0.792 bits per heavy atom. The Kier molecular flexibility index (Phi) is 4.28. The number of hydrazine groups is 1. The molecule has 6 heteroatoms. The highest BCUT2D eigenvalue weighted by atomic mass is 35.5. The van der Waals surface area contributed by atoms with Gasteiger partial charge in [-0.25, -0.2) is 10.0 Å². The predicted octanol–water partition coefficient (Wildman–Crippen LogP) is 4.70. The van der Waals surface area contributed by atoms with E-state index in [2.05, 4.69) is 0 Å². The largest absolute Gasteiger partial charge is 0.273 e. The number of hydrogen-bond acceptors (Lipinski definition) is 2. The molecule has 1 fully saturated rings. The lowest BCUT2D eigenvalue weighted by molar-refractivity contribution is -0.136. The quantitative estimate of drug-likeness (QED) is 0.776. The number of halogens is 2. The van der Waals surface area contributed by atoms with E-state index in [9.17, 15) is 9.59 Å².